The Balaban J connectivity index is 2.16. The molecule has 1 aromatic carbocycles. The van der Waals surface area contributed by atoms with Crippen molar-refractivity contribution in [3.05, 3.63) is 47.7 Å². The van der Waals surface area contributed by atoms with Crippen LogP contribution in [0.4, 0.5) is 5.82 Å². The largest absolute Gasteiger partial charge is 0.477 e. The third-order valence-corrected chi connectivity index (χ3v) is 3.72. The van der Waals surface area contributed by atoms with E-state index in [0.717, 1.165) is 5.56 Å². The summed E-state index contributed by atoms with van der Waals surface area (Å²) in [5.74, 6) is -0.0630. The number of anilines is 1. The number of aromatic nitrogens is 2. The fourth-order valence-electron chi connectivity index (χ4n) is 1.69. The highest BCUT2D eigenvalue weighted by molar-refractivity contribution is 7.98. The summed E-state index contributed by atoms with van der Waals surface area (Å²) in [7, 11) is 0. The van der Waals surface area contributed by atoms with E-state index >= 15 is 0 Å². The molecule has 1 heterocycles. The molecule has 0 spiro atoms. The molecule has 0 aliphatic carbocycles. The first kappa shape index (κ1) is 16.3. The predicted octanol–water partition coefficient (Wildman–Crippen LogP) is 2.26. The number of thioether (sulfide) groups is 1. The van der Waals surface area contributed by atoms with E-state index in [0.29, 0.717) is 16.7 Å². The van der Waals surface area contributed by atoms with Crippen LogP contribution in [-0.2, 0) is 5.75 Å². The Bertz CT molecular complexity index is 637. The van der Waals surface area contributed by atoms with Gasteiger partial charge in [0.05, 0.1) is 6.61 Å². The minimum absolute atomic E-state index is 0.0705. The summed E-state index contributed by atoms with van der Waals surface area (Å²) in [6, 6.07) is 10.9. The van der Waals surface area contributed by atoms with Gasteiger partial charge >= 0.3 is 5.97 Å². The van der Waals surface area contributed by atoms with Gasteiger partial charge in [-0.1, -0.05) is 42.1 Å². The SMILES string of the molecule is C[C@H](CO)Nc1cc(C(=O)O)nc(SCc2ccccc2)n1. The molecule has 2 aromatic rings. The molecule has 0 bridgehead atoms. The monoisotopic (exact) mass is 319 g/mol. The summed E-state index contributed by atoms with van der Waals surface area (Å²) in [5.41, 5.74) is 1.04. The Morgan fingerprint density at radius 2 is 2.05 bits per heavy atom. The van der Waals surface area contributed by atoms with E-state index in [4.69, 9.17) is 10.2 Å². The van der Waals surface area contributed by atoms with Crippen LogP contribution in [0, 0.1) is 0 Å². The van der Waals surface area contributed by atoms with E-state index in [1.807, 2.05) is 30.3 Å². The Morgan fingerprint density at radius 3 is 2.68 bits per heavy atom. The predicted molar refractivity (Wildman–Crippen MR) is 85.2 cm³/mol. The average molecular weight is 319 g/mol. The van der Waals surface area contributed by atoms with Crippen LogP contribution in [0.15, 0.2) is 41.6 Å². The second-order valence-corrected chi connectivity index (χ2v) is 5.67. The maximum absolute atomic E-state index is 11.2. The van der Waals surface area contributed by atoms with Crippen molar-refractivity contribution in [2.45, 2.75) is 23.9 Å². The molecule has 116 valence electrons. The van der Waals surface area contributed by atoms with Crippen LogP contribution in [0.5, 0.6) is 0 Å². The van der Waals surface area contributed by atoms with Crippen LogP contribution in [0.3, 0.4) is 0 Å². The van der Waals surface area contributed by atoms with Gasteiger partial charge in [-0.15, -0.1) is 0 Å². The van der Waals surface area contributed by atoms with E-state index in [1.165, 1.54) is 17.8 Å². The lowest BCUT2D eigenvalue weighted by Crippen LogP contribution is -2.20. The number of aromatic carboxylic acids is 1. The van der Waals surface area contributed by atoms with Crippen molar-refractivity contribution in [2.75, 3.05) is 11.9 Å². The van der Waals surface area contributed by atoms with E-state index in [9.17, 15) is 4.79 Å². The number of carboxylic acid groups (broad SMARTS) is 1. The van der Waals surface area contributed by atoms with Crippen molar-refractivity contribution in [3.8, 4) is 0 Å². The third-order valence-electron chi connectivity index (χ3n) is 2.80. The zero-order valence-corrected chi connectivity index (χ0v) is 12.9. The molecule has 0 fully saturated rings. The number of nitrogens with one attached hydrogen (secondary N) is 1. The molecule has 1 atom stereocenters. The van der Waals surface area contributed by atoms with Crippen molar-refractivity contribution in [3.63, 3.8) is 0 Å². The highest BCUT2D eigenvalue weighted by Crippen LogP contribution is 2.21. The standard InChI is InChI=1S/C15H17N3O3S/c1-10(8-19)16-13-7-12(14(20)21)17-15(18-13)22-9-11-5-3-2-4-6-11/h2-7,10,19H,8-9H2,1H3,(H,20,21)(H,16,17,18)/t10-/m1/s1. The van der Waals surface area contributed by atoms with Crippen molar-refractivity contribution < 1.29 is 15.0 Å². The minimum atomic E-state index is -1.11. The first-order chi connectivity index (χ1) is 10.6. The van der Waals surface area contributed by atoms with Crippen LogP contribution in [-0.4, -0.2) is 38.8 Å². The van der Waals surface area contributed by atoms with Gasteiger partial charge < -0.3 is 15.5 Å². The van der Waals surface area contributed by atoms with Gasteiger partial charge in [-0.3, -0.25) is 0 Å². The summed E-state index contributed by atoms with van der Waals surface area (Å²) in [6.45, 7) is 1.71. The molecular weight excluding hydrogens is 302 g/mol. The Labute approximate surface area is 132 Å². The number of benzene rings is 1. The molecule has 0 saturated carbocycles. The summed E-state index contributed by atoms with van der Waals surface area (Å²) in [5, 5.41) is 21.5. The van der Waals surface area contributed by atoms with Gasteiger partial charge in [0.2, 0.25) is 0 Å². The molecular formula is C15H17N3O3S. The molecule has 6 nitrogen and oxygen atoms in total. The number of nitrogens with zero attached hydrogens (tertiary/aromatic N) is 2. The number of rotatable bonds is 7. The summed E-state index contributed by atoms with van der Waals surface area (Å²) < 4.78 is 0. The average Bonchev–Trinajstić information content (AvgIpc) is 2.53. The molecule has 0 aliphatic rings. The van der Waals surface area contributed by atoms with Crippen molar-refractivity contribution >= 4 is 23.5 Å². The molecule has 7 heteroatoms. The Kier molecular flexibility index (Phi) is 5.74. The van der Waals surface area contributed by atoms with E-state index in [2.05, 4.69) is 15.3 Å². The van der Waals surface area contributed by atoms with Crippen LogP contribution in [0.2, 0.25) is 0 Å². The molecule has 2 rings (SSSR count). The number of carboxylic acids is 1. The zero-order valence-electron chi connectivity index (χ0n) is 12.1. The molecule has 0 saturated heterocycles. The van der Waals surface area contributed by atoms with Crippen LogP contribution >= 0.6 is 11.8 Å². The van der Waals surface area contributed by atoms with E-state index < -0.39 is 5.97 Å². The van der Waals surface area contributed by atoms with Crippen molar-refractivity contribution in [2.24, 2.45) is 0 Å². The number of hydrogen-bond acceptors (Lipinski definition) is 6. The highest BCUT2D eigenvalue weighted by atomic mass is 32.2. The smallest absolute Gasteiger partial charge is 0.354 e. The first-order valence-corrected chi connectivity index (χ1v) is 7.73. The van der Waals surface area contributed by atoms with Crippen molar-refractivity contribution in [1.29, 1.82) is 0 Å². The van der Waals surface area contributed by atoms with Gasteiger partial charge in [0, 0.05) is 17.9 Å². The van der Waals surface area contributed by atoms with Crippen LogP contribution in [0.1, 0.15) is 23.0 Å². The summed E-state index contributed by atoms with van der Waals surface area (Å²) >= 11 is 1.37. The van der Waals surface area contributed by atoms with Gasteiger partial charge in [0.1, 0.15) is 5.82 Å². The minimum Gasteiger partial charge on any atom is -0.477 e. The first-order valence-electron chi connectivity index (χ1n) is 6.75. The van der Waals surface area contributed by atoms with Gasteiger partial charge in [-0.2, -0.15) is 0 Å². The molecule has 3 N–H and O–H groups in total. The fraction of sp³-hybridized carbons (Fsp3) is 0.267. The topological polar surface area (TPSA) is 95.3 Å². The van der Waals surface area contributed by atoms with E-state index in [-0.39, 0.29) is 18.3 Å². The number of aliphatic hydroxyl groups excluding tert-OH is 1. The summed E-state index contributed by atoms with van der Waals surface area (Å²) in [6.07, 6.45) is 0. The second kappa shape index (κ2) is 7.77. The molecule has 0 amide bonds. The molecule has 0 aliphatic heterocycles. The maximum atomic E-state index is 11.2. The van der Waals surface area contributed by atoms with E-state index in [1.54, 1.807) is 6.92 Å². The van der Waals surface area contributed by atoms with Gasteiger partial charge in [0.25, 0.3) is 0 Å². The Morgan fingerprint density at radius 1 is 1.32 bits per heavy atom. The molecule has 0 radical (unpaired) electrons. The van der Waals surface area contributed by atoms with Gasteiger partial charge in [-0.25, -0.2) is 14.8 Å². The van der Waals surface area contributed by atoms with Gasteiger partial charge in [-0.05, 0) is 12.5 Å². The lowest BCUT2D eigenvalue weighted by molar-refractivity contribution is 0.0689. The second-order valence-electron chi connectivity index (χ2n) is 4.73. The van der Waals surface area contributed by atoms with Gasteiger partial charge in [0.15, 0.2) is 10.9 Å². The Hall–Kier alpha value is -2.12. The third kappa shape index (κ3) is 4.71. The molecule has 1 aromatic heterocycles. The molecule has 22 heavy (non-hydrogen) atoms. The zero-order chi connectivity index (χ0) is 15.9. The van der Waals surface area contributed by atoms with Crippen LogP contribution < -0.4 is 5.32 Å². The number of carbonyl (C=O) groups is 1. The maximum Gasteiger partial charge on any atom is 0.354 e. The van der Waals surface area contributed by atoms with Crippen LogP contribution in [0.25, 0.3) is 0 Å². The van der Waals surface area contributed by atoms with Crippen molar-refractivity contribution in [1.82, 2.24) is 9.97 Å². The lowest BCUT2D eigenvalue weighted by Gasteiger charge is -2.12. The molecule has 0 unspecified atom stereocenters. The quantitative estimate of drug-likeness (QED) is 0.532. The lowest BCUT2D eigenvalue weighted by atomic mass is 10.2. The number of hydrogen-bond donors (Lipinski definition) is 3. The fourth-order valence-corrected chi connectivity index (χ4v) is 2.51. The number of aliphatic hydroxyl groups is 1. The summed E-state index contributed by atoms with van der Waals surface area (Å²) in [4.78, 5) is 19.5. The highest BCUT2D eigenvalue weighted by Gasteiger charge is 2.12. The normalized spacial score (nSPS) is 11.9.